The molecule has 0 aromatic heterocycles. The Labute approximate surface area is 138 Å². The Morgan fingerprint density at radius 1 is 0.696 bits per heavy atom. The molecule has 0 aliphatic carbocycles. The van der Waals surface area contributed by atoms with Crippen molar-refractivity contribution in [1.29, 1.82) is 0 Å². The normalized spacial score (nSPS) is 19.0. The molecule has 2 amide bonds. The minimum atomic E-state index is -0.660. The summed E-state index contributed by atoms with van der Waals surface area (Å²) in [6, 6.07) is 9.57. The van der Waals surface area contributed by atoms with Crippen LogP contribution in [0.5, 0.6) is 0 Å². The molecule has 0 spiro atoms. The number of nitrogens with zero attached hydrogens (tertiary/aromatic N) is 2. The molecule has 2 fully saturated rings. The molecule has 2 heterocycles. The van der Waals surface area contributed by atoms with Gasteiger partial charge in [0.2, 0.25) is 11.8 Å². The van der Waals surface area contributed by atoms with E-state index in [1.807, 2.05) is 40.1 Å². The Morgan fingerprint density at radius 2 is 1.13 bits per heavy atom. The summed E-state index contributed by atoms with van der Waals surface area (Å²) in [6.45, 7) is 3.15. The molecule has 2 aliphatic rings. The molecule has 0 saturated carbocycles. The van der Waals surface area contributed by atoms with Gasteiger partial charge in [-0.15, -0.1) is 0 Å². The van der Waals surface area contributed by atoms with Crippen LogP contribution in [0, 0.1) is 0 Å². The van der Waals surface area contributed by atoms with Crippen LogP contribution < -0.4 is 0 Å². The second-order valence-corrected chi connectivity index (χ2v) is 6.62. The highest BCUT2D eigenvalue weighted by Crippen LogP contribution is 2.25. The summed E-state index contributed by atoms with van der Waals surface area (Å²) in [4.78, 5) is 29.9. The first-order chi connectivity index (χ1) is 11.3. The highest BCUT2D eigenvalue weighted by molar-refractivity contribution is 6.05. The van der Waals surface area contributed by atoms with Crippen LogP contribution in [-0.2, 0) is 9.59 Å². The van der Waals surface area contributed by atoms with E-state index in [4.69, 9.17) is 0 Å². The summed E-state index contributed by atoms with van der Waals surface area (Å²) in [5, 5.41) is 0. The van der Waals surface area contributed by atoms with Crippen molar-refractivity contribution in [1.82, 2.24) is 9.80 Å². The van der Waals surface area contributed by atoms with Crippen LogP contribution in [0.2, 0.25) is 0 Å². The molecule has 0 unspecified atom stereocenters. The van der Waals surface area contributed by atoms with Crippen molar-refractivity contribution < 1.29 is 9.59 Å². The van der Waals surface area contributed by atoms with Gasteiger partial charge in [0.05, 0.1) is 0 Å². The molecule has 23 heavy (non-hydrogen) atoms. The largest absolute Gasteiger partial charge is 0.342 e. The Morgan fingerprint density at radius 3 is 1.57 bits per heavy atom. The summed E-state index contributed by atoms with van der Waals surface area (Å²) in [6.07, 6.45) is 6.55. The second-order valence-electron chi connectivity index (χ2n) is 6.62. The van der Waals surface area contributed by atoms with Crippen molar-refractivity contribution >= 4 is 11.8 Å². The number of amides is 2. The molecule has 124 valence electrons. The van der Waals surface area contributed by atoms with E-state index in [1.54, 1.807) is 0 Å². The molecule has 3 rings (SSSR count). The molecule has 2 saturated heterocycles. The Kier molecular flexibility index (Phi) is 5.31. The number of carbonyl (C=O) groups is 2. The molecule has 0 radical (unpaired) electrons. The van der Waals surface area contributed by atoms with Gasteiger partial charge in [0, 0.05) is 26.2 Å². The Bertz CT molecular complexity index is 502. The number of hydrogen-bond acceptors (Lipinski definition) is 2. The van der Waals surface area contributed by atoms with Gasteiger partial charge in [-0.3, -0.25) is 9.59 Å². The SMILES string of the molecule is O=C(C(C(=O)N1CCCCC1)c1ccccc1)N1CCCCC1. The third-order valence-corrected chi connectivity index (χ3v) is 4.96. The molecule has 1 aromatic carbocycles. The highest BCUT2D eigenvalue weighted by atomic mass is 16.2. The van der Waals surface area contributed by atoms with Gasteiger partial charge >= 0.3 is 0 Å². The summed E-state index contributed by atoms with van der Waals surface area (Å²) >= 11 is 0. The van der Waals surface area contributed by atoms with E-state index < -0.39 is 5.92 Å². The van der Waals surface area contributed by atoms with Crippen LogP contribution >= 0.6 is 0 Å². The summed E-state index contributed by atoms with van der Waals surface area (Å²) in [7, 11) is 0. The lowest BCUT2D eigenvalue weighted by molar-refractivity contribution is -0.144. The smallest absolute Gasteiger partial charge is 0.239 e. The third kappa shape index (κ3) is 3.74. The number of carbonyl (C=O) groups excluding carboxylic acids is 2. The fraction of sp³-hybridized carbons (Fsp3) is 0.579. The van der Waals surface area contributed by atoms with E-state index in [1.165, 1.54) is 12.8 Å². The standard InChI is InChI=1S/C19H26N2O2/c22-18(20-12-6-2-7-13-20)17(16-10-4-1-5-11-16)19(23)21-14-8-3-9-15-21/h1,4-5,10-11,17H,2-3,6-9,12-15H2. The second kappa shape index (κ2) is 7.62. The maximum atomic E-state index is 13.1. The molecular weight excluding hydrogens is 288 g/mol. The maximum Gasteiger partial charge on any atom is 0.239 e. The topological polar surface area (TPSA) is 40.6 Å². The monoisotopic (exact) mass is 314 g/mol. The van der Waals surface area contributed by atoms with E-state index in [0.717, 1.165) is 57.4 Å². The summed E-state index contributed by atoms with van der Waals surface area (Å²) in [5.41, 5.74) is 0.832. The predicted molar refractivity (Wildman–Crippen MR) is 90.0 cm³/mol. The van der Waals surface area contributed by atoms with Crippen LogP contribution in [-0.4, -0.2) is 47.8 Å². The molecule has 1 aromatic rings. The lowest BCUT2D eigenvalue weighted by atomic mass is 9.94. The predicted octanol–water partition coefficient (Wildman–Crippen LogP) is 2.80. The molecule has 0 bridgehead atoms. The first kappa shape index (κ1) is 16.0. The third-order valence-electron chi connectivity index (χ3n) is 4.96. The van der Waals surface area contributed by atoms with E-state index in [-0.39, 0.29) is 11.8 Å². The zero-order chi connectivity index (χ0) is 16.1. The number of likely N-dealkylation sites (tertiary alicyclic amines) is 2. The average Bonchev–Trinajstić information content (AvgIpc) is 2.64. The van der Waals surface area contributed by atoms with E-state index >= 15 is 0 Å². The molecular formula is C19H26N2O2. The minimum Gasteiger partial charge on any atom is -0.342 e. The quantitative estimate of drug-likeness (QED) is 0.805. The molecule has 2 aliphatic heterocycles. The van der Waals surface area contributed by atoms with E-state index in [9.17, 15) is 9.59 Å². The fourth-order valence-electron chi connectivity index (χ4n) is 3.63. The highest BCUT2D eigenvalue weighted by Gasteiger charge is 2.35. The van der Waals surface area contributed by atoms with Gasteiger partial charge in [-0.25, -0.2) is 0 Å². The first-order valence-corrected chi connectivity index (χ1v) is 8.90. The summed E-state index contributed by atoms with van der Waals surface area (Å²) in [5.74, 6) is -0.676. The fourth-order valence-corrected chi connectivity index (χ4v) is 3.63. The number of piperidine rings is 2. The van der Waals surface area contributed by atoms with Gasteiger partial charge in [-0.1, -0.05) is 30.3 Å². The van der Waals surface area contributed by atoms with E-state index in [0.29, 0.717) is 0 Å². The maximum absolute atomic E-state index is 13.1. The Hall–Kier alpha value is -1.84. The number of benzene rings is 1. The van der Waals surface area contributed by atoms with Gasteiger partial charge in [0.25, 0.3) is 0 Å². The van der Waals surface area contributed by atoms with E-state index in [2.05, 4.69) is 0 Å². The number of rotatable bonds is 3. The summed E-state index contributed by atoms with van der Waals surface area (Å²) < 4.78 is 0. The van der Waals surface area contributed by atoms with Gasteiger partial charge in [0.1, 0.15) is 5.92 Å². The zero-order valence-corrected chi connectivity index (χ0v) is 13.7. The van der Waals surface area contributed by atoms with Gasteiger partial charge in [-0.05, 0) is 44.1 Å². The van der Waals surface area contributed by atoms with Gasteiger partial charge in [0.15, 0.2) is 0 Å². The van der Waals surface area contributed by atoms with Crippen LogP contribution in [0.3, 0.4) is 0 Å². The van der Waals surface area contributed by atoms with Gasteiger partial charge in [-0.2, -0.15) is 0 Å². The molecule has 4 heteroatoms. The van der Waals surface area contributed by atoms with Crippen molar-refractivity contribution in [2.24, 2.45) is 0 Å². The Balaban J connectivity index is 1.83. The van der Waals surface area contributed by atoms with Crippen molar-refractivity contribution in [3.63, 3.8) is 0 Å². The lowest BCUT2D eigenvalue weighted by Gasteiger charge is -2.34. The van der Waals surface area contributed by atoms with Crippen LogP contribution in [0.25, 0.3) is 0 Å². The van der Waals surface area contributed by atoms with Crippen molar-refractivity contribution in [2.75, 3.05) is 26.2 Å². The lowest BCUT2D eigenvalue weighted by Crippen LogP contribution is -2.46. The van der Waals surface area contributed by atoms with Crippen LogP contribution in [0.1, 0.15) is 50.0 Å². The molecule has 0 N–H and O–H groups in total. The van der Waals surface area contributed by atoms with Crippen LogP contribution in [0.4, 0.5) is 0 Å². The molecule has 4 nitrogen and oxygen atoms in total. The van der Waals surface area contributed by atoms with Crippen LogP contribution in [0.15, 0.2) is 30.3 Å². The van der Waals surface area contributed by atoms with Crippen molar-refractivity contribution in [3.8, 4) is 0 Å². The zero-order valence-electron chi connectivity index (χ0n) is 13.7. The minimum absolute atomic E-state index is 0.00789. The number of hydrogen-bond donors (Lipinski definition) is 0. The molecule has 0 atom stereocenters. The van der Waals surface area contributed by atoms with Crippen molar-refractivity contribution in [2.45, 2.75) is 44.4 Å². The first-order valence-electron chi connectivity index (χ1n) is 8.90. The average molecular weight is 314 g/mol. The van der Waals surface area contributed by atoms with Crippen molar-refractivity contribution in [3.05, 3.63) is 35.9 Å². The van der Waals surface area contributed by atoms with Gasteiger partial charge < -0.3 is 9.80 Å².